The minimum atomic E-state index is -1.03. The van der Waals surface area contributed by atoms with Gasteiger partial charge in [-0.3, -0.25) is 0 Å². The van der Waals surface area contributed by atoms with Crippen molar-refractivity contribution < 1.29 is 15.0 Å². The van der Waals surface area contributed by atoms with E-state index in [1.807, 2.05) is 0 Å². The molecule has 1 unspecified atom stereocenters. The first-order valence-corrected chi connectivity index (χ1v) is 7.68. The van der Waals surface area contributed by atoms with Crippen LogP contribution in [-0.2, 0) is 4.79 Å². The first kappa shape index (κ1) is 15.9. The van der Waals surface area contributed by atoms with E-state index >= 15 is 0 Å². The smallest absolute Gasteiger partial charge is 0.335 e. The number of rotatable bonds is 4. The number of carboxylic acids is 1. The number of benzene rings is 1. The van der Waals surface area contributed by atoms with Gasteiger partial charge in [-0.1, -0.05) is 41.6 Å². The Morgan fingerprint density at radius 3 is 2.81 bits per heavy atom. The highest BCUT2D eigenvalue weighted by Gasteiger charge is 2.30. The van der Waals surface area contributed by atoms with Crippen molar-refractivity contribution in [1.29, 1.82) is 0 Å². The zero-order valence-corrected chi connectivity index (χ0v) is 12.9. The number of amidine groups is 1. The Kier molecular flexibility index (Phi) is 5.27. The van der Waals surface area contributed by atoms with Gasteiger partial charge in [-0.05, 0) is 13.0 Å². The molecule has 1 atom stereocenters. The van der Waals surface area contributed by atoms with Crippen LogP contribution in [0.15, 0.2) is 40.5 Å². The molecule has 5 nitrogen and oxygen atoms in total. The quantitative estimate of drug-likeness (QED) is 0.791. The number of aliphatic carboxylic acids is 1. The Labute approximate surface area is 131 Å². The number of hydrogen-bond acceptors (Lipinski definition) is 5. The maximum absolute atomic E-state index is 11.5. The number of nitrogens with one attached hydrogen (secondary N) is 1. The normalized spacial score (nSPS) is 18.2. The molecule has 1 aliphatic rings. The lowest BCUT2D eigenvalue weighted by atomic mass is 9.97. The summed E-state index contributed by atoms with van der Waals surface area (Å²) in [6.07, 6.45) is 0. The lowest BCUT2D eigenvalue weighted by Gasteiger charge is -2.25. The summed E-state index contributed by atoms with van der Waals surface area (Å²) in [4.78, 5) is 16.0. The Balaban J connectivity index is 2.44. The molecule has 0 saturated carbocycles. The van der Waals surface area contributed by atoms with Crippen molar-refractivity contribution in [2.24, 2.45) is 4.99 Å². The fraction of sp³-hybridized carbons (Fsp3) is 0.286. The minimum absolute atomic E-state index is 0.0245. The predicted octanol–water partition coefficient (Wildman–Crippen LogP) is 2.42. The third kappa shape index (κ3) is 3.58. The first-order valence-electron chi connectivity index (χ1n) is 6.31. The molecule has 1 aliphatic heterocycles. The molecule has 0 saturated heterocycles. The number of allylic oxidation sites excluding steroid dienone is 1. The monoisotopic (exact) mass is 326 g/mol. The number of aliphatic imine (C=N–C) groups is 1. The third-order valence-corrected chi connectivity index (χ3v) is 4.19. The Morgan fingerprint density at radius 1 is 1.48 bits per heavy atom. The Hall–Kier alpha value is -1.50. The lowest BCUT2D eigenvalue weighted by Crippen LogP contribution is -2.30. The van der Waals surface area contributed by atoms with Crippen LogP contribution in [0.5, 0.6) is 0 Å². The van der Waals surface area contributed by atoms with E-state index in [0.717, 1.165) is 0 Å². The molecular weight excluding hydrogens is 312 g/mol. The minimum Gasteiger partial charge on any atom is -0.478 e. The third-order valence-electron chi connectivity index (χ3n) is 2.98. The Bertz CT molecular complexity index is 616. The van der Waals surface area contributed by atoms with Crippen molar-refractivity contribution in [1.82, 2.24) is 5.32 Å². The summed E-state index contributed by atoms with van der Waals surface area (Å²) in [7, 11) is 0. The van der Waals surface area contributed by atoms with E-state index in [1.54, 1.807) is 31.2 Å². The average molecular weight is 327 g/mol. The molecule has 0 aromatic heterocycles. The molecule has 0 radical (unpaired) electrons. The number of aliphatic hydroxyl groups excluding tert-OH is 1. The number of hydrogen-bond donors (Lipinski definition) is 3. The number of nitrogens with zero attached hydrogens (tertiary/aromatic N) is 1. The summed E-state index contributed by atoms with van der Waals surface area (Å²) in [6, 6.07) is 6.41. The van der Waals surface area contributed by atoms with Gasteiger partial charge >= 0.3 is 5.97 Å². The standard InChI is InChI=1S/C14H15ClN2O3S/c1-8-11(13(19)20)12(9-4-2-3-5-10(9)15)17-14(16-8)21-7-6-18/h2-5,12,18H,6-7H2,1H3,(H,16,17)(H,19,20). The van der Waals surface area contributed by atoms with Gasteiger partial charge < -0.3 is 15.5 Å². The summed E-state index contributed by atoms with van der Waals surface area (Å²) in [5.74, 6) is -0.545. The number of carbonyl (C=O) groups is 1. The van der Waals surface area contributed by atoms with Gasteiger partial charge in [-0.25, -0.2) is 9.79 Å². The van der Waals surface area contributed by atoms with Crippen molar-refractivity contribution in [2.75, 3.05) is 12.4 Å². The van der Waals surface area contributed by atoms with Crippen molar-refractivity contribution >= 4 is 34.5 Å². The summed E-state index contributed by atoms with van der Waals surface area (Å²) >= 11 is 7.51. The van der Waals surface area contributed by atoms with Crippen molar-refractivity contribution in [3.05, 3.63) is 46.1 Å². The van der Waals surface area contributed by atoms with E-state index in [1.165, 1.54) is 11.8 Å². The topological polar surface area (TPSA) is 81.9 Å². The van der Waals surface area contributed by atoms with Crippen LogP contribution in [0.1, 0.15) is 18.5 Å². The van der Waals surface area contributed by atoms with E-state index < -0.39 is 12.0 Å². The largest absolute Gasteiger partial charge is 0.478 e. The van der Waals surface area contributed by atoms with Crippen LogP contribution in [-0.4, -0.2) is 33.7 Å². The summed E-state index contributed by atoms with van der Waals surface area (Å²) in [6.45, 7) is 1.72. The van der Waals surface area contributed by atoms with Crippen molar-refractivity contribution in [3.8, 4) is 0 Å². The van der Waals surface area contributed by atoms with Gasteiger partial charge in [0.25, 0.3) is 0 Å². The van der Waals surface area contributed by atoms with Gasteiger partial charge in [-0.2, -0.15) is 0 Å². The van der Waals surface area contributed by atoms with Crippen LogP contribution >= 0.6 is 23.4 Å². The molecule has 0 fully saturated rings. The highest BCUT2D eigenvalue weighted by molar-refractivity contribution is 8.13. The van der Waals surface area contributed by atoms with Gasteiger partial charge in [0, 0.05) is 22.0 Å². The maximum atomic E-state index is 11.5. The fourth-order valence-electron chi connectivity index (χ4n) is 2.06. The second kappa shape index (κ2) is 6.98. The van der Waals surface area contributed by atoms with E-state index in [2.05, 4.69) is 10.3 Å². The zero-order valence-electron chi connectivity index (χ0n) is 11.3. The molecule has 112 valence electrons. The van der Waals surface area contributed by atoms with Crippen LogP contribution in [0, 0.1) is 0 Å². The molecule has 1 aromatic rings. The van der Waals surface area contributed by atoms with Crippen molar-refractivity contribution in [2.45, 2.75) is 13.0 Å². The molecule has 21 heavy (non-hydrogen) atoms. The summed E-state index contributed by atoms with van der Waals surface area (Å²) < 4.78 is 0. The average Bonchev–Trinajstić information content (AvgIpc) is 2.44. The summed E-state index contributed by atoms with van der Waals surface area (Å²) in [5, 5.41) is 22.4. The molecule has 0 spiro atoms. The molecule has 0 bridgehead atoms. The molecular formula is C14H15ClN2O3S. The molecule has 3 N–H and O–H groups in total. The van der Waals surface area contributed by atoms with Gasteiger partial charge in [-0.15, -0.1) is 0 Å². The van der Waals surface area contributed by atoms with E-state index in [0.29, 0.717) is 27.2 Å². The molecule has 0 amide bonds. The fourth-order valence-corrected chi connectivity index (χ4v) is 2.99. The zero-order chi connectivity index (χ0) is 15.4. The van der Waals surface area contributed by atoms with Crippen LogP contribution in [0.2, 0.25) is 5.02 Å². The van der Waals surface area contributed by atoms with Gasteiger partial charge in [0.2, 0.25) is 0 Å². The van der Waals surface area contributed by atoms with E-state index in [-0.39, 0.29) is 12.2 Å². The lowest BCUT2D eigenvalue weighted by molar-refractivity contribution is -0.133. The van der Waals surface area contributed by atoms with Crippen LogP contribution in [0.3, 0.4) is 0 Å². The maximum Gasteiger partial charge on any atom is 0.335 e. The molecule has 7 heteroatoms. The molecule has 1 aromatic carbocycles. The van der Waals surface area contributed by atoms with Gasteiger partial charge in [0.05, 0.1) is 12.2 Å². The molecule has 1 heterocycles. The number of halogens is 1. The van der Waals surface area contributed by atoms with E-state index in [4.69, 9.17) is 16.7 Å². The molecule has 0 aliphatic carbocycles. The van der Waals surface area contributed by atoms with Crippen LogP contribution in [0.25, 0.3) is 0 Å². The number of thioether (sulfide) groups is 1. The second-order valence-corrected chi connectivity index (χ2v) is 5.89. The van der Waals surface area contributed by atoms with Gasteiger partial charge in [0.1, 0.15) is 6.04 Å². The van der Waals surface area contributed by atoms with E-state index in [9.17, 15) is 9.90 Å². The first-order chi connectivity index (χ1) is 10.0. The molecule has 2 rings (SSSR count). The summed E-state index contributed by atoms with van der Waals surface area (Å²) in [5.41, 5.74) is 1.36. The number of aliphatic hydroxyl groups is 1. The second-order valence-electron chi connectivity index (χ2n) is 4.40. The highest BCUT2D eigenvalue weighted by atomic mass is 35.5. The SMILES string of the molecule is CC1=C(C(=O)O)C(c2ccccc2Cl)N=C(SCCO)N1. The Morgan fingerprint density at radius 2 is 2.19 bits per heavy atom. The van der Waals surface area contributed by atoms with Gasteiger partial charge in [0.15, 0.2) is 5.17 Å². The van der Waals surface area contributed by atoms with Crippen LogP contribution in [0.4, 0.5) is 0 Å². The predicted molar refractivity (Wildman–Crippen MR) is 84.6 cm³/mol. The highest BCUT2D eigenvalue weighted by Crippen LogP contribution is 2.35. The van der Waals surface area contributed by atoms with Crippen LogP contribution < -0.4 is 5.32 Å². The van der Waals surface area contributed by atoms with Crippen molar-refractivity contribution in [3.63, 3.8) is 0 Å². The number of carboxylic acid groups (broad SMARTS) is 1.